The van der Waals surface area contributed by atoms with Gasteiger partial charge in [0.2, 0.25) is 11.8 Å². The lowest BCUT2D eigenvalue weighted by Crippen LogP contribution is -2.12. The molecule has 0 aliphatic carbocycles. The van der Waals surface area contributed by atoms with Crippen LogP contribution in [0.1, 0.15) is 26.3 Å². The van der Waals surface area contributed by atoms with Crippen LogP contribution in [0.4, 0.5) is 0 Å². The molecule has 0 fully saturated rings. The summed E-state index contributed by atoms with van der Waals surface area (Å²) in [6.07, 6.45) is 3.57. The van der Waals surface area contributed by atoms with Crippen LogP contribution >= 0.6 is 0 Å². The second-order valence-corrected chi connectivity index (χ2v) is 4.70. The van der Waals surface area contributed by atoms with Crippen LogP contribution in [0, 0.1) is 17.6 Å². The largest absolute Gasteiger partial charge is 0.460 e. The molecule has 0 amide bonds. The third-order valence-electron chi connectivity index (χ3n) is 3.04. The average molecular weight is 333 g/mol. The molecule has 0 spiro atoms. The van der Waals surface area contributed by atoms with Crippen molar-refractivity contribution in [3.63, 3.8) is 0 Å². The van der Waals surface area contributed by atoms with Crippen LogP contribution in [0.25, 0.3) is 0 Å². The number of carbonyl (C=O) groups excluding carboxylic acids is 2. The summed E-state index contributed by atoms with van der Waals surface area (Å²) in [5.74, 6) is -1.81. The summed E-state index contributed by atoms with van der Waals surface area (Å²) in [5, 5.41) is 9.10. The monoisotopic (exact) mass is 333 g/mol. The van der Waals surface area contributed by atoms with Gasteiger partial charge in [0.1, 0.15) is 17.2 Å². The molecule has 0 unspecified atom stereocenters. The number of pyridine rings is 1. The van der Waals surface area contributed by atoms with Crippen LogP contribution in [0.3, 0.4) is 0 Å². The van der Waals surface area contributed by atoms with E-state index in [-0.39, 0.29) is 22.9 Å². The number of hydrogen-bond acceptors (Lipinski definition) is 7. The number of furan rings is 1. The fourth-order valence-corrected chi connectivity index (χ4v) is 1.86. The molecule has 0 saturated carbocycles. The number of benzene rings is 1. The maximum atomic E-state index is 12.0. The quantitative estimate of drug-likeness (QED) is 0.676. The van der Waals surface area contributed by atoms with Crippen LogP contribution in [0.2, 0.25) is 0 Å². The Kier molecular flexibility index (Phi) is 4.53. The van der Waals surface area contributed by atoms with E-state index in [0.717, 1.165) is 0 Å². The number of rotatable bonds is 4. The number of ether oxygens (including phenoxy) is 2. The molecule has 0 bridgehead atoms. The Morgan fingerprint density at radius 2 is 1.84 bits per heavy atom. The van der Waals surface area contributed by atoms with E-state index in [4.69, 9.17) is 14.7 Å². The minimum atomic E-state index is -0.802. The lowest BCUT2D eigenvalue weighted by atomic mass is 10.2. The summed E-state index contributed by atoms with van der Waals surface area (Å²) in [5.41, 5.74) is 0.383. The first-order chi connectivity index (χ1) is 12.2. The van der Waals surface area contributed by atoms with Crippen molar-refractivity contribution in [2.45, 2.75) is 0 Å². The molecule has 0 saturated heterocycles. The van der Waals surface area contributed by atoms with E-state index >= 15 is 0 Å². The Hall–Kier alpha value is -3.92. The maximum Gasteiger partial charge on any atom is 0.348 e. The number of carbonyl (C=O) groups is 2. The highest BCUT2D eigenvalue weighted by molar-refractivity contribution is 5.91. The first kappa shape index (κ1) is 16.0. The zero-order chi connectivity index (χ0) is 17.6. The van der Waals surface area contributed by atoms with E-state index in [0.29, 0.717) is 5.56 Å². The number of nitriles is 1. The predicted molar refractivity (Wildman–Crippen MR) is 82.9 cm³/mol. The predicted octanol–water partition coefficient (Wildman–Crippen LogP) is 2.78. The van der Waals surface area contributed by atoms with E-state index < -0.39 is 11.9 Å². The summed E-state index contributed by atoms with van der Waals surface area (Å²) in [6.45, 7) is 0. The number of nitrogens with zero attached hydrogens (tertiary/aromatic N) is 2. The second kappa shape index (κ2) is 7.10. The first-order valence-electron chi connectivity index (χ1n) is 7.03. The molecular formula is C18H9N2O5. The highest BCUT2D eigenvalue weighted by Gasteiger charge is 2.17. The molecule has 121 valence electrons. The molecule has 2 aromatic heterocycles. The van der Waals surface area contributed by atoms with Crippen LogP contribution in [0.15, 0.2) is 59.2 Å². The topological polar surface area (TPSA) is 102 Å². The van der Waals surface area contributed by atoms with Crippen LogP contribution in [0.5, 0.6) is 11.8 Å². The third-order valence-corrected chi connectivity index (χ3v) is 3.04. The minimum Gasteiger partial charge on any atom is -0.460 e. The summed E-state index contributed by atoms with van der Waals surface area (Å²) in [4.78, 5) is 27.9. The van der Waals surface area contributed by atoms with Crippen molar-refractivity contribution in [1.82, 2.24) is 4.98 Å². The molecular weight excluding hydrogens is 324 g/mol. The molecule has 0 aliphatic heterocycles. The first-order valence-corrected chi connectivity index (χ1v) is 7.03. The molecule has 0 atom stereocenters. The van der Waals surface area contributed by atoms with Gasteiger partial charge in [0.25, 0.3) is 0 Å². The standard InChI is InChI=1S/C18H9N2O5/c19-10-13-6-7-15(24-17(21)12-4-2-1-3-5-12)20-16(13)25-18(22)14-8-9-23-11-14/h1-9H. The summed E-state index contributed by atoms with van der Waals surface area (Å²) < 4.78 is 14.9. The Labute approximate surface area is 142 Å². The van der Waals surface area contributed by atoms with E-state index in [1.807, 2.05) is 6.07 Å². The molecule has 7 nitrogen and oxygen atoms in total. The lowest BCUT2D eigenvalue weighted by Gasteiger charge is -2.07. The smallest absolute Gasteiger partial charge is 0.348 e. The van der Waals surface area contributed by atoms with Gasteiger partial charge in [-0.05, 0) is 24.3 Å². The van der Waals surface area contributed by atoms with Gasteiger partial charge in [-0.3, -0.25) is 0 Å². The van der Waals surface area contributed by atoms with Gasteiger partial charge < -0.3 is 13.9 Å². The summed E-state index contributed by atoms with van der Waals surface area (Å²) >= 11 is 0. The Morgan fingerprint density at radius 1 is 1.04 bits per heavy atom. The van der Waals surface area contributed by atoms with Gasteiger partial charge in [0, 0.05) is 6.07 Å². The van der Waals surface area contributed by atoms with Crippen molar-refractivity contribution in [2.75, 3.05) is 0 Å². The third kappa shape index (κ3) is 3.71. The van der Waals surface area contributed by atoms with Crippen molar-refractivity contribution in [2.24, 2.45) is 0 Å². The fourth-order valence-electron chi connectivity index (χ4n) is 1.86. The molecule has 2 heterocycles. The Bertz CT molecular complexity index is 943. The molecule has 25 heavy (non-hydrogen) atoms. The zero-order valence-electron chi connectivity index (χ0n) is 12.6. The molecule has 1 aromatic carbocycles. The van der Waals surface area contributed by atoms with E-state index in [2.05, 4.69) is 15.7 Å². The zero-order valence-corrected chi connectivity index (χ0v) is 12.6. The summed E-state index contributed by atoms with van der Waals surface area (Å²) in [7, 11) is 0. The van der Waals surface area contributed by atoms with Crippen LogP contribution in [-0.2, 0) is 0 Å². The highest BCUT2D eigenvalue weighted by atomic mass is 16.6. The van der Waals surface area contributed by atoms with Gasteiger partial charge in [-0.25, -0.2) is 9.59 Å². The SMILES string of the molecule is N#Cc1ccc(OC(=O)c2ccccc2)nc1OC(=O)c1[c]occ1. The van der Waals surface area contributed by atoms with Crippen molar-refractivity contribution in [3.05, 3.63) is 77.7 Å². The lowest BCUT2D eigenvalue weighted by molar-refractivity contribution is 0.0717. The minimum absolute atomic E-state index is 0.0105. The van der Waals surface area contributed by atoms with Crippen LogP contribution < -0.4 is 9.47 Å². The average Bonchev–Trinajstić information content (AvgIpc) is 3.17. The molecule has 7 heteroatoms. The van der Waals surface area contributed by atoms with Gasteiger partial charge in [-0.2, -0.15) is 10.2 Å². The normalized spacial score (nSPS) is 9.88. The highest BCUT2D eigenvalue weighted by Crippen LogP contribution is 2.21. The van der Waals surface area contributed by atoms with Crippen molar-refractivity contribution in [1.29, 1.82) is 5.26 Å². The molecule has 0 N–H and O–H groups in total. The second-order valence-electron chi connectivity index (χ2n) is 4.70. The van der Waals surface area contributed by atoms with E-state index in [9.17, 15) is 9.59 Å². The summed E-state index contributed by atoms with van der Waals surface area (Å²) in [6, 6.07) is 14.2. The van der Waals surface area contributed by atoms with Crippen molar-refractivity contribution in [3.8, 4) is 17.8 Å². The van der Waals surface area contributed by atoms with Gasteiger partial charge in [-0.15, -0.1) is 0 Å². The number of esters is 2. The van der Waals surface area contributed by atoms with Crippen LogP contribution in [-0.4, -0.2) is 16.9 Å². The maximum absolute atomic E-state index is 12.0. The molecule has 3 aromatic rings. The molecule has 1 radical (unpaired) electrons. The van der Waals surface area contributed by atoms with Gasteiger partial charge in [-0.1, -0.05) is 18.2 Å². The van der Waals surface area contributed by atoms with E-state index in [1.165, 1.54) is 24.5 Å². The van der Waals surface area contributed by atoms with Crippen molar-refractivity contribution >= 4 is 11.9 Å². The Balaban J connectivity index is 1.81. The van der Waals surface area contributed by atoms with Gasteiger partial charge >= 0.3 is 11.9 Å². The molecule has 0 aliphatic rings. The van der Waals surface area contributed by atoms with Gasteiger partial charge in [0.15, 0.2) is 6.26 Å². The number of aromatic nitrogens is 1. The molecule has 3 rings (SSSR count). The van der Waals surface area contributed by atoms with Gasteiger partial charge in [0.05, 0.1) is 11.8 Å². The Morgan fingerprint density at radius 3 is 2.52 bits per heavy atom. The van der Waals surface area contributed by atoms with E-state index in [1.54, 1.807) is 30.3 Å². The van der Waals surface area contributed by atoms with Crippen molar-refractivity contribution < 1.29 is 23.5 Å². The fraction of sp³-hybridized carbons (Fsp3) is 0. The number of hydrogen-bond donors (Lipinski definition) is 0.